The van der Waals surface area contributed by atoms with Crippen LogP contribution in [0.3, 0.4) is 0 Å². The summed E-state index contributed by atoms with van der Waals surface area (Å²) >= 11 is 11.3. The van der Waals surface area contributed by atoms with Gasteiger partial charge in [-0.3, -0.25) is 19.4 Å². The van der Waals surface area contributed by atoms with Gasteiger partial charge < -0.3 is 5.32 Å². The van der Waals surface area contributed by atoms with Crippen molar-refractivity contribution >= 4 is 29.7 Å². The Morgan fingerprint density at radius 3 is 2.62 bits per heavy atom. The van der Waals surface area contributed by atoms with Gasteiger partial charge in [0.1, 0.15) is 6.54 Å². The molecule has 1 saturated carbocycles. The first-order chi connectivity index (χ1) is 14.1. The van der Waals surface area contributed by atoms with Crippen LogP contribution in [0, 0.1) is 4.77 Å². The molecule has 1 saturated heterocycles. The maximum atomic E-state index is 12.7. The van der Waals surface area contributed by atoms with Crippen molar-refractivity contribution in [2.75, 3.05) is 13.1 Å². The second kappa shape index (κ2) is 9.41. The molecule has 1 unspecified atom stereocenters. The summed E-state index contributed by atoms with van der Waals surface area (Å²) in [6, 6.07) is 8.27. The van der Waals surface area contributed by atoms with Crippen LogP contribution in [0.25, 0.3) is 11.4 Å². The molecule has 2 N–H and O–H groups in total. The Morgan fingerprint density at radius 2 is 1.90 bits per heavy atom. The number of benzene rings is 1. The minimum absolute atomic E-state index is 0.0228. The molecule has 6 nitrogen and oxygen atoms in total. The third-order valence-corrected chi connectivity index (χ3v) is 6.65. The van der Waals surface area contributed by atoms with E-state index in [4.69, 9.17) is 23.8 Å². The number of likely N-dealkylation sites (tertiary alicyclic amines) is 1. The van der Waals surface area contributed by atoms with Gasteiger partial charge in [0.2, 0.25) is 5.91 Å². The number of halogens is 1. The fraction of sp³-hybridized carbons (Fsp3) is 0.571. The number of carbonyl (C=O) groups excluding carboxylic acids is 1. The zero-order valence-corrected chi connectivity index (χ0v) is 18.1. The third kappa shape index (κ3) is 5.08. The zero-order valence-electron chi connectivity index (χ0n) is 16.6. The van der Waals surface area contributed by atoms with E-state index in [-0.39, 0.29) is 18.5 Å². The monoisotopic (exact) mass is 433 g/mol. The van der Waals surface area contributed by atoms with Crippen molar-refractivity contribution in [3.05, 3.63) is 34.1 Å². The fourth-order valence-electron chi connectivity index (χ4n) is 4.56. The van der Waals surface area contributed by atoms with Crippen molar-refractivity contribution in [2.24, 2.45) is 0 Å². The lowest BCUT2D eigenvalue weighted by atomic mass is 10.1. The molecule has 1 aromatic heterocycles. The summed E-state index contributed by atoms with van der Waals surface area (Å²) in [5.74, 6) is 0.624. The van der Waals surface area contributed by atoms with Gasteiger partial charge >= 0.3 is 0 Å². The lowest BCUT2D eigenvalue weighted by molar-refractivity contribution is -0.122. The number of amides is 1. The zero-order chi connectivity index (χ0) is 20.2. The third-order valence-electron chi connectivity index (χ3n) is 6.09. The van der Waals surface area contributed by atoms with Gasteiger partial charge in [0, 0.05) is 35.8 Å². The molecule has 1 amide bonds. The molecule has 1 aromatic carbocycles. The van der Waals surface area contributed by atoms with E-state index in [1.165, 1.54) is 38.5 Å². The van der Waals surface area contributed by atoms with Crippen LogP contribution in [0.2, 0.25) is 5.02 Å². The topological polar surface area (TPSA) is 66.0 Å². The van der Waals surface area contributed by atoms with Crippen LogP contribution in [0.15, 0.2) is 24.3 Å². The van der Waals surface area contributed by atoms with Gasteiger partial charge in [-0.15, -0.1) is 0 Å². The average Bonchev–Trinajstić information content (AvgIpc) is 3.20. The lowest BCUT2D eigenvalue weighted by Gasteiger charge is -2.26. The summed E-state index contributed by atoms with van der Waals surface area (Å²) in [6.07, 6.45) is 9.03. The summed E-state index contributed by atoms with van der Waals surface area (Å²) < 4.78 is 2.18. The molecule has 1 aliphatic carbocycles. The predicted molar refractivity (Wildman–Crippen MR) is 117 cm³/mol. The highest BCUT2D eigenvalue weighted by Gasteiger charge is 2.29. The van der Waals surface area contributed by atoms with E-state index < -0.39 is 0 Å². The smallest absolute Gasteiger partial charge is 0.240 e. The van der Waals surface area contributed by atoms with E-state index in [1.54, 1.807) is 16.7 Å². The van der Waals surface area contributed by atoms with Crippen LogP contribution in [0.1, 0.15) is 44.9 Å². The minimum atomic E-state index is -0.0228. The van der Waals surface area contributed by atoms with Crippen LogP contribution >= 0.6 is 23.8 Å². The molecule has 0 radical (unpaired) electrons. The molecule has 2 aliphatic rings. The molecule has 29 heavy (non-hydrogen) atoms. The van der Waals surface area contributed by atoms with Crippen molar-refractivity contribution in [3.63, 3.8) is 0 Å². The van der Waals surface area contributed by atoms with Crippen LogP contribution in [-0.2, 0) is 11.3 Å². The number of aromatic amines is 1. The Balaban J connectivity index is 1.36. The summed E-state index contributed by atoms with van der Waals surface area (Å²) in [7, 11) is 0. The SMILES string of the molecule is O=C(Cn1c(-c2ccc(Cl)cc2)n[nH]c1=S)NC1CCN(C2CCCCCC2)C1. The van der Waals surface area contributed by atoms with Crippen molar-refractivity contribution in [1.29, 1.82) is 0 Å². The van der Waals surface area contributed by atoms with Gasteiger partial charge in [0.15, 0.2) is 10.6 Å². The number of nitrogens with zero attached hydrogens (tertiary/aromatic N) is 3. The first kappa shape index (κ1) is 20.6. The number of hydrogen-bond acceptors (Lipinski definition) is 4. The van der Waals surface area contributed by atoms with Gasteiger partial charge in [0.25, 0.3) is 0 Å². The number of H-pyrrole nitrogens is 1. The maximum Gasteiger partial charge on any atom is 0.240 e. The van der Waals surface area contributed by atoms with Gasteiger partial charge in [0.05, 0.1) is 0 Å². The highest BCUT2D eigenvalue weighted by Crippen LogP contribution is 2.25. The molecule has 0 spiro atoms. The van der Waals surface area contributed by atoms with Gasteiger partial charge in [-0.2, -0.15) is 5.10 Å². The van der Waals surface area contributed by atoms with E-state index in [0.29, 0.717) is 21.7 Å². The van der Waals surface area contributed by atoms with E-state index >= 15 is 0 Å². The molecule has 1 atom stereocenters. The summed E-state index contributed by atoms with van der Waals surface area (Å²) in [4.78, 5) is 15.3. The van der Waals surface area contributed by atoms with E-state index in [9.17, 15) is 4.79 Å². The molecular formula is C21H28ClN5OS. The van der Waals surface area contributed by atoms with Crippen molar-refractivity contribution in [3.8, 4) is 11.4 Å². The Morgan fingerprint density at radius 1 is 1.17 bits per heavy atom. The van der Waals surface area contributed by atoms with Crippen molar-refractivity contribution < 1.29 is 4.79 Å². The van der Waals surface area contributed by atoms with Crippen molar-refractivity contribution in [2.45, 2.75) is 63.6 Å². The number of rotatable bonds is 5. The quantitative estimate of drug-likeness (QED) is 0.548. The van der Waals surface area contributed by atoms with Crippen molar-refractivity contribution in [1.82, 2.24) is 25.0 Å². The van der Waals surface area contributed by atoms with Crippen LogP contribution in [-0.4, -0.2) is 50.7 Å². The van der Waals surface area contributed by atoms with Gasteiger partial charge in [-0.05, 0) is 55.7 Å². The Hall–Kier alpha value is -1.70. The molecule has 1 aliphatic heterocycles. The molecule has 2 heterocycles. The minimum Gasteiger partial charge on any atom is -0.350 e. The predicted octanol–water partition coefficient (Wildman–Crippen LogP) is 4.17. The second-order valence-electron chi connectivity index (χ2n) is 8.14. The van der Waals surface area contributed by atoms with E-state index in [2.05, 4.69) is 20.4 Å². The Kier molecular flexibility index (Phi) is 6.67. The fourth-order valence-corrected chi connectivity index (χ4v) is 4.88. The van der Waals surface area contributed by atoms with Gasteiger partial charge in [-0.25, -0.2) is 0 Å². The van der Waals surface area contributed by atoms with Crippen LogP contribution in [0.4, 0.5) is 0 Å². The molecule has 0 bridgehead atoms. The molecule has 8 heteroatoms. The lowest BCUT2D eigenvalue weighted by Crippen LogP contribution is -2.41. The molecule has 156 valence electrons. The standard InChI is InChI=1S/C21H28ClN5OS/c22-16-9-7-15(8-10-16)20-24-25-21(29)27(20)14-19(28)23-17-11-12-26(13-17)18-5-3-1-2-4-6-18/h7-10,17-18H,1-6,11-14H2,(H,23,28)(H,25,29). The van der Waals surface area contributed by atoms with Gasteiger partial charge in [-0.1, -0.05) is 37.3 Å². The second-order valence-corrected chi connectivity index (χ2v) is 8.96. The number of aromatic nitrogens is 3. The Labute approximate surface area is 181 Å². The highest BCUT2D eigenvalue weighted by molar-refractivity contribution is 7.71. The molecule has 2 aromatic rings. The summed E-state index contributed by atoms with van der Waals surface area (Å²) in [5.41, 5.74) is 0.870. The molecular weight excluding hydrogens is 406 g/mol. The normalized spacial score (nSPS) is 21.2. The average molecular weight is 434 g/mol. The van der Waals surface area contributed by atoms with Crippen LogP contribution < -0.4 is 5.32 Å². The summed E-state index contributed by atoms with van der Waals surface area (Å²) in [5, 5.41) is 11.0. The summed E-state index contributed by atoms with van der Waals surface area (Å²) in [6.45, 7) is 2.20. The highest BCUT2D eigenvalue weighted by atomic mass is 35.5. The number of hydrogen-bond donors (Lipinski definition) is 2. The van der Waals surface area contributed by atoms with Crippen LogP contribution in [0.5, 0.6) is 0 Å². The van der Waals surface area contributed by atoms with E-state index in [1.807, 2.05) is 12.1 Å². The van der Waals surface area contributed by atoms with E-state index in [0.717, 1.165) is 25.1 Å². The molecule has 4 rings (SSSR count). The Bertz CT molecular complexity index is 885. The number of carbonyl (C=O) groups is 1. The molecule has 2 fully saturated rings. The number of nitrogens with one attached hydrogen (secondary N) is 2. The first-order valence-electron chi connectivity index (χ1n) is 10.5. The largest absolute Gasteiger partial charge is 0.350 e. The maximum absolute atomic E-state index is 12.7. The first-order valence-corrected chi connectivity index (χ1v) is 11.3.